The monoisotopic (exact) mass is 306 g/mol. The Bertz CT molecular complexity index is 611. The summed E-state index contributed by atoms with van der Waals surface area (Å²) in [5.74, 6) is 1.85. The molecule has 2 rings (SSSR count). The number of rotatable bonds is 4. The Morgan fingerprint density at radius 1 is 1.24 bits per heavy atom. The molecule has 0 spiro atoms. The lowest BCUT2D eigenvalue weighted by Crippen LogP contribution is -2.09. The van der Waals surface area contributed by atoms with E-state index in [9.17, 15) is 0 Å². The molecule has 2 aromatic rings. The normalized spacial score (nSPS) is 12.1. The topological polar surface area (TPSA) is 38.9 Å². The molecule has 0 N–H and O–H groups in total. The fourth-order valence-corrected chi connectivity index (χ4v) is 2.45. The van der Waals surface area contributed by atoms with E-state index < -0.39 is 0 Å². The molecule has 0 saturated heterocycles. The second kappa shape index (κ2) is 6.18. The van der Waals surface area contributed by atoms with Gasteiger partial charge in [-0.2, -0.15) is 4.98 Å². The van der Waals surface area contributed by atoms with Crippen molar-refractivity contribution < 1.29 is 4.52 Å². The molecule has 0 amide bonds. The zero-order valence-corrected chi connectivity index (χ0v) is 14.2. The smallest absolute Gasteiger partial charge is 0.227 e. The van der Waals surface area contributed by atoms with Crippen LogP contribution >= 0.6 is 11.6 Å². The third-order valence-electron chi connectivity index (χ3n) is 3.09. The lowest BCUT2D eigenvalue weighted by Gasteiger charge is -2.13. The molecule has 0 atom stereocenters. The van der Waals surface area contributed by atoms with E-state index >= 15 is 0 Å². The molecular weight excluding hydrogens is 284 g/mol. The second-order valence-electron chi connectivity index (χ2n) is 7.15. The maximum absolute atomic E-state index is 6.35. The highest BCUT2D eigenvalue weighted by atomic mass is 35.5. The van der Waals surface area contributed by atoms with E-state index in [0.29, 0.717) is 17.6 Å². The largest absolute Gasteiger partial charge is 0.339 e. The summed E-state index contributed by atoms with van der Waals surface area (Å²) < 4.78 is 5.33. The first-order chi connectivity index (χ1) is 9.74. The van der Waals surface area contributed by atoms with E-state index in [2.05, 4.69) is 50.8 Å². The van der Waals surface area contributed by atoms with Gasteiger partial charge in [-0.25, -0.2) is 0 Å². The summed E-state index contributed by atoms with van der Waals surface area (Å²) >= 11 is 6.35. The van der Waals surface area contributed by atoms with Crippen molar-refractivity contribution in [2.24, 2.45) is 11.3 Å². The molecule has 0 radical (unpaired) electrons. The van der Waals surface area contributed by atoms with Crippen molar-refractivity contribution in [3.63, 3.8) is 0 Å². The summed E-state index contributed by atoms with van der Waals surface area (Å²) in [5, 5.41) is 4.82. The number of hydrogen-bond acceptors (Lipinski definition) is 3. The van der Waals surface area contributed by atoms with Gasteiger partial charge in [0.15, 0.2) is 0 Å². The van der Waals surface area contributed by atoms with Crippen LogP contribution in [-0.2, 0) is 12.8 Å². The minimum atomic E-state index is 0.128. The van der Waals surface area contributed by atoms with Crippen molar-refractivity contribution in [2.45, 2.75) is 47.5 Å². The Hall–Kier alpha value is -1.35. The minimum absolute atomic E-state index is 0.128. The molecule has 0 bridgehead atoms. The molecule has 3 nitrogen and oxygen atoms in total. The van der Waals surface area contributed by atoms with Gasteiger partial charge in [-0.1, -0.05) is 63.5 Å². The fraction of sp³-hybridized carbons (Fsp3) is 0.529. The summed E-state index contributed by atoms with van der Waals surface area (Å²) in [6.45, 7) is 10.8. The highest BCUT2D eigenvalue weighted by Crippen LogP contribution is 2.27. The molecule has 21 heavy (non-hydrogen) atoms. The van der Waals surface area contributed by atoms with Crippen molar-refractivity contribution in [2.75, 3.05) is 0 Å². The molecule has 0 aliphatic carbocycles. The summed E-state index contributed by atoms with van der Waals surface area (Å²) in [6, 6.07) is 5.98. The van der Waals surface area contributed by atoms with Gasteiger partial charge >= 0.3 is 0 Å². The Morgan fingerprint density at radius 2 is 1.95 bits per heavy atom. The molecule has 0 saturated carbocycles. The minimum Gasteiger partial charge on any atom is -0.339 e. The third kappa shape index (κ3) is 4.57. The van der Waals surface area contributed by atoms with Crippen molar-refractivity contribution in [1.82, 2.24) is 10.1 Å². The summed E-state index contributed by atoms with van der Waals surface area (Å²) in [6.07, 6.45) is 1.74. The van der Waals surface area contributed by atoms with E-state index in [0.717, 1.165) is 29.0 Å². The predicted octanol–water partition coefficient (Wildman–Crippen LogP) is 5.18. The van der Waals surface area contributed by atoms with Crippen LogP contribution in [0, 0.1) is 11.3 Å². The van der Waals surface area contributed by atoms with Crippen LogP contribution in [-0.4, -0.2) is 10.1 Å². The van der Waals surface area contributed by atoms with Crippen molar-refractivity contribution in [1.29, 1.82) is 0 Å². The second-order valence-corrected chi connectivity index (χ2v) is 7.56. The fourth-order valence-electron chi connectivity index (χ4n) is 2.19. The van der Waals surface area contributed by atoms with Gasteiger partial charge in [-0.05, 0) is 29.4 Å². The van der Waals surface area contributed by atoms with Gasteiger partial charge in [0, 0.05) is 17.0 Å². The van der Waals surface area contributed by atoms with Gasteiger partial charge in [0.05, 0.1) is 0 Å². The summed E-state index contributed by atoms with van der Waals surface area (Å²) in [4.78, 5) is 4.46. The zero-order chi connectivity index (χ0) is 15.6. The van der Waals surface area contributed by atoms with E-state index in [1.165, 1.54) is 0 Å². The standard InChI is InChI=1S/C17H23ClN2O/c1-11(2)8-12-6-7-13(9-14(12)18)16-19-15(21-20-16)10-17(3,4)5/h6-7,9,11H,8,10H2,1-5H3. The molecule has 1 heterocycles. The lowest BCUT2D eigenvalue weighted by molar-refractivity contribution is 0.314. The van der Waals surface area contributed by atoms with Crippen LogP contribution in [0.2, 0.25) is 5.02 Å². The number of nitrogens with zero attached hydrogens (tertiary/aromatic N) is 2. The summed E-state index contributed by atoms with van der Waals surface area (Å²) in [5.41, 5.74) is 2.19. The number of hydrogen-bond donors (Lipinski definition) is 0. The Balaban J connectivity index is 2.21. The maximum atomic E-state index is 6.35. The zero-order valence-electron chi connectivity index (χ0n) is 13.4. The van der Waals surface area contributed by atoms with Crippen molar-refractivity contribution in [3.8, 4) is 11.4 Å². The summed E-state index contributed by atoms with van der Waals surface area (Å²) in [7, 11) is 0. The van der Waals surface area contributed by atoms with Crippen LogP contribution in [0.3, 0.4) is 0 Å². The Morgan fingerprint density at radius 3 is 2.52 bits per heavy atom. The first kappa shape index (κ1) is 16.0. The lowest BCUT2D eigenvalue weighted by atomic mass is 9.92. The van der Waals surface area contributed by atoms with Crippen LogP contribution < -0.4 is 0 Å². The van der Waals surface area contributed by atoms with Crippen LogP contribution in [0.15, 0.2) is 22.7 Å². The van der Waals surface area contributed by atoms with Crippen LogP contribution in [0.5, 0.6) is 0 Å². The van der Waals surface area contributed by atoms with Gasteiger partial charge in [-0.3, -0.25) is 0 Å². The van der Waals surface area contributed by atoms with Crippen LogP contribution in [0.1, 0.15) is 46.1 Å². The molecule has 0 aliphatic rings. The van der Waals surface area contributed by atoms with Gasteiger partial charge in [-0.15, -0.1) is 0 Å². The van der Waals surface area contributed by atoms with Crippen LogP contribution in [0.25, 0.3) is 11.4 Å². The molecule has 0 aliphatic heterocycles. The highest BCUT2D eigenvalue weighted by Gasteiger charge is 2.17. The SMILES string of the molecule is CC(C)Cc1ccc(-c2noc(CC(C)(C)C)n2)cc1Cl. The molecule has 0 fully saturated rings. The average molecular weight is 307 g/mol. The first-order valence-corrected chi connectivity index (χ1v) is 7.74. The quantitative estimate of drug-likeness (QED) is 0.781. The molecule has 4 heteroatoms. The molecule has 1 aromatic carbocycles. The number of aromatic nitrogens is 2. The van der Waals surface area contributed by atoms with Gasteiger partial charge < -0.3 is 4.52 Å². The van der Waals surface area contributed by atoms with Gasteiger partial charge in [0.1, 0.15) is 0 Å². The van der Waals surface area contributed by atoms with E-state index in [-0.39, 0.29) is 5.41 Å². The maximum Gasteiger partial charge on any atom is 0.227 e. The number of benzene rings is 1. The predicted molar refractivity (Wildman–Crippen MR) is 86.4 cm³/mol. The van der Waals surface area contributed by atoms with Crippen molar-refractivity contribution >= 4 is 11.6 Å². The van der Waals surface area contributed by atoms with E-state index in [1.54, 1.807) is 0 Å². The van der Waals surface area contributed by atoms with Gasteiger partial charge in [0.2, 0.25) is 11.7 Å². The highest BCUT2D eigenvalue weighted by molar-refractivity contribution is 6.31. The Labute approximate surface area is 131 Å². The van der Waals surface area contributed by atoms with Gasteiger partial charge in [0.25, 0.3) is 0 Å². The molecular formula is C17H23ClN2O. The third-order valence-corrected chi connectivity index (χ3v) is 3.44. The Kier molecular flexibility index (Phi) is 4.72. The van der Waals surface area contributed by atoms with E-state index in [1.807, 2.05) is 12.1 Å². The number of halogens is 1. The molecule has 1 aromatic heterocycles. The average Bonchev–Trinajstić information content (AvgIpc) is 2.77. The van der Waals surface area contributed by atoms with Crippen LogP contribution in [0.4, 0.5) is 0 Å². The van der Waals surface area contributed by atoms with Crippen molar-refractivity contribution in [3.05, 3.63) is 34.7 Å². The molecule has 0 unspecified atom stereocenters. The molecule has 114 valence electrons. The first-order valence-electron chi connectivity index (χ1n) is 7.36. The van der Waals surface area contributed by atoms with E-state index in [4.69, 9.17) is 16.1 Å².